The Labute approximate surface area is 102 Å². The second-order valence-electron chi connectivity index (χ2n) is 4.17. The van der Waals surface area contributed by atoms with E-state index in [9.17, 15) is 0 Å². The molecule has 1 heterocycles. The smallest absolute Gasteiger partial charge is 0.131 e. The third kappa shape index (κ3) is 3.12. The van der Waals surface area contributed by atoms with Gasteiger partial charge in [0.15, 0.2) is 0 Å². The maximum Gasteiger partial charge on any atom is 0.131 e. The minimum absolute atomic E-state index is 0.449. The topological polar surface area (TPSA) is 17.8 Å². The van der Waals surface area contributed by atoms with Crippen LogP contribution in [0.1, 0.15) is 38.4 Å². The van der Waals surface area contributed by atoms with Crippen molar-refractivity contribution in [2.75, 3.05) is 0 Å². The van der Waals surface area contributed by atoms with E-state index in [4.69, 9.17) is 23.2 Å². The van der Waals surface area contributed by atoms with Crippen LogP contribution in [-0.2, 0) is 18.8 Å². The fourth-order valence-electron chi connectivity index (χ4n) is 1.57. The Bertz CT molecular complexity index is 319. The summed E-state index contributed by atoms with van der Waals surface area (Å²) in [5.74, 6) is 1.03. The van der Waals surface area contributed by atoms with E-state index in [1.165, 1.54) is 0 Å². The first kappa shape index (κ1) is 12.9. The minimum Gasteiger partial charge on any atom is -0.253 e. The highest BCUT2D eigenvalue weighted by atomic mass is 35.5. The molecule has 0 unspecified atom stereocenters. The van der Waals surface area contributed by atoms with Crippen molar-refractivity contribution in [1.82, 2.24) is 9.78 Å². The predicted octanol–water partition coefficient (Wildman–Crippen LogP) is 3.88. The van der Waals surface area contributed by atoms with E-state index >= 15 is 0 Å². The molecule has 1 aromatic rings. The lowest BCUT2D eigenvalue weighted by atomic mass is 10.1. The number of rotatable bonds is 5. The summed E-state index contributed by atoms with van der Waals surface area (Å²) in [7, 11) is 0. The monoisotopic (exact) mass is 248 g/mol. The van der Waals surface area contributed by atoms with E-state index in [1.807, 2.05) is 4.68 Å². The molecule has 0 saturated carbocycles. The Hall–Kier alpha value is -0.210. The zero-order chi connectivity index (χ0) is 11.4. The fraction of sp³-hybridized carbons (Fsp3) is 0.727. The summed E-state index contributed by atoms with van der Waals surface area (Å²) in [5, 5.41) is 5.22. The fourth-order valence-corrected chi connectivity index (χ4v) is 2.22. The van der Waals surface area contributed by atoms with Gasteiger partial charge < -0.3 is 0 Å². The molecule has 0 aliphatic heterocycles. The summed E-state index contributed by atoms with van der Waals surface area (Å²) in [5.41, 5.74) is 2.05. The van der Waals surface area contributed by atoms with E-state index in [0.29, 0.717) is 17.0 Å². The zero-order valence-electron chi connectivity index (χ0n) is 9.56. The number of aromatic nitrogens is 2. The summed E-state index contributed by atoms with van der Waals surface area (Å²) in [6.45, 7) is 7.32. The van der Waals surface area contributed by atoms with Gasteiger partial charge in [-0.3, -0.25) is 4.68 Å². The van der Waals surface area contributed by atoms with E-state index in [1.54, 1.807) is 0 Å². The molecule has 15 heavy (non-hydrogen) atoms. The van der Waals surface area contributed by atoms with Gasteiger partial charge in [-0.15, -0.1) is 11.6 Å². The lowest BCUT2D eigenvalue weighted by Gasteiger charge is -2.02. The second-order valence-corrected chi connectivity index (χ2v) is 4.80. The molecular formula is C11H18Cl2N2. The highest BCUT2D eigenvalue weighted by Crippen LogP contribution is 2.24. The van der Waals surface area contributed by atoms with Gasteiger partial charge in [0.2, 0.25) is 0 Å². The van der Waals surface area contributed by atoms with Crippen LogP contribution in [-0.4, -0.2) is 9.78 Å². The van der Waals surface area contributed by atoms with Crippen molar-refractivity contribution in [2.45, 2.75) is 46.0 Å². The molecule has 0 spiro atoms. The normalized spacial score (nSPS) is 11.3. The Balaban J connectivity index is 2.98. The summed E-state index contributed by atoms with van der Waals surface area (Å²) in [6, 6.07) is 0. The van der Waals surface area contributed by atoms with Gasteiger partial charge in [0.05, 0.1) is 11.6 Å². The molecule has 86 valence electrons. The van der Waals surface area contributed by atoms with Crippen LogP contribution in [0, 0.1) is 5.92 Å². The van der Waals surface area contributed by atoms with Crippen LogP contribution in [0.5, 0.6) is 0 Å². The maximum atomic E-state index is 6.21. The largest absolute Gasteiger partial charge is 0.253 e. The Morgan fingerprint density at radius 2 is 2.07 bits per heavy atom. The first-order valence-corrected chi connectivity index (χ1v) is 6.31. The number of nitrogens with zero attached hydrogens (tertiary/aromatic N) is 2. The van der Waals surface area contributed by atoms with Crippen LogP contribution < -0.4 is 0 Å². The van der Waals surface area contributed by atoms with Crippen LogP contribution in [0.15, 0.2) is 0 Å². The van der Waals surface area contributed by atoms with Crippen molar-refractivity contribution in [1.29, 1.82) is 0 Å². The van der Waals surface area contributed by atoms with Crippen LogP contribution in [0.25, 0.3) is 0 Å². The number of halogens is 2. The van der Waals surface area contributed by atoms with E-state index in [0.717, 1.165) is 30.6 Å². The van der Waals surface area contributed by atoms with Gasteiger partial charge >= 0.3 is 0 Å². The number of hydrogen-bond acceptors (Lipinski definition) is 1. The van der Waals surface area contributed by atoms with Crippen LogP contribution in [0.4, 0.5) is 0 Å². The van der Waals surface area contributed by atoms with Crippen molar-refractivity contribution >= 4 is 23.2 Å². The molecule has 0 bridgehead atoms. The summed E-state index contributed by atoms with van der Waals surface area (Å²) in [6.07, 6.45) is 1.97. The van der Waals surface area contributed by atoms with Gasteiger partial charge in [0.1, 0.15) is 5.15 Å². The Morgan fingerprint density at radius 3 is 2.53 bits per heavy atom. The molecule has 0 amide bonds. The molecule has 0 aliphatic carbocycles. The molecule has 1 aromatic heterocycles. The van der Waals surface area contributed by atoms with E-state index < -0.39 is 0 Å². The maximum absolute atomic E-state index is 6.21. The molecule has 0 aliphatic rings. The Morgan fingerprint density at radius 1 is 1.40 bits per heavy atom. The van der Waals surface area contributed by atoms with Crippen LogP contribution in [0.2, 0.25) is 5.15 Å². The van der Waals surface area contributed by atoms with Crippen molar-refractivity contribution in [3.8, 4) is 0 Å². The summed E-state index contributed by atoms with van der Waals surface area (Å²) in [4.78, 5) is 0. The second kappa shape index (κ2) is 5.76. The first-order chi connectivity index (χ1) is 7.10. The molecule has 4 heteroatoms. The molecule has 0 N–H and O–H groups in total. The van der Waals surface area contributed by atoms with Crippen molar-refractivity contribution in [2.24, 2.45) is 5.92 Å². The molecule has 0 aromatic carbocycles. The molecule has 1 rings (SSSR count). The van der Waals surface area contributed by atoms with E-state index in [-0.39, 0.29) is 0 Å². The highest BCUT2D eigenvalue weighted by Gasteiger charge is 2.15. The molecule has 0 saturated heterocycles. The first-order valence-electron chi connectivity index (χ1n) is 5.40. The average molecular weight is 249 g/mol. The van der Waals surface area contributed by atoms with Gasteiger partial charge in [0, 0.05) is 12.1 Å². The quantitative estimate of drug-likeness (QED) is 0.724. The lowest BCUT2D eigenvalue weighted by Crippen LogP contribution is -2.01. The van der Waals surface area contributed by atoms with Gasteiger partial charge in [-0.05, 0) is 18.8 Å². The van der Waals surface area contributed by atoms with Gasteiger partial charge in [0.25, 0.3) is 0 Å². The van der Waals surface area contributed by atoms with Crippen molar-refractivity contribution < 1.29 is 0 Å². The molecule has 2 nitrogen and oxygen atoms in total. The number of hydrogen-bond donors (Lipinski definition) is 0. The van der Waals surface area contributed by atoms with Crippen LogP contribution in [0.3, 0.4) is 0 Å². The van der Waals surface area contributed by atoms with Gasteiger partial charge in [-0.25, -0.2) is 0 Å². The predicted molar refractivity (Wildman–Crippen MR) is 65.6 cm³/mol. The standard InChI is InChI=1S/C11H18Cl2N2/c1-4-5-15-11(13)9(7-12)10(14-15)6-8(2)3/h8H,4-7H2,1-3H3. The number of alkyl halides is 1. The molecule has 0 fully saturated rings. The van der Waals surface area contributed by atoms with Gasteiger partial charge in [-0.2, -0.15) is 5.10 Å². The molecule has 0 atom stereocenters. The van der Waals surface area contributed by atoms with Crippen LogP contribution >= 0.6 is 23.2 Å². The minimum atomic E-state index is 0.449. The summed E-state index contributed by atoms with van der Waals surface area (Å²) >= 11 is 12.1. The SMILES string of the molecule is CCCn1nc(CC(C)C)c(CCl)c1Cl. The average Bonchev–Trinajstić information content (AvgIpc) is 2.43. The zero-order valence-corrected chi connectivity index (χ0v) is 11.1. The third-order valence-electron chi connectivity index (χ3n) is 2.24. The molecular weight excluding hydrogens is 231 g/mol. The van der Waals surface area contributed by atoms with Crippen molar-refractivity contribution in [3.05, 3.63) is 16.4 Å². The molecule has 0 radical (unpaired) electrons. The van der Waals surface area contributed by atoms with Crippen molar-refractivity contribution in [3.63, 3.8) is 0 Å². The van der Waals surface area contributed by atoms with Gasteiger partial charge in [-0.1, -0.05) is 32.4 Å². The number of aryl methyl sites for hydroxylation is 1. The lowest BCUT2D eigenvalue weighted by molar-refractivity contribution is 0.574. The summed E-state index contributed by atoms with van der Waals surface area (Å²) < 4.78 is 1.86. The van der Waals surface area contributed by atoms with E-state index in [2.05, 4.69) is 25.9 Å². The highest BCUT2D eigenvalue weighted by molar-refractivity contribution is 6.31. The Kier molecular flexibility index (Phi) is 4.94. The third-order valence-corrected chi connectivity index (χ3v) is 2.93.